The highest BCUT2D eigenvalue weighted by Gasteiger charge is 2.33. The van der Waals surface area contributed by atoms with Crippen LogP contribution in [0.2, 0.25) is 0 Å². The van der Waals surface area contributed by atoms with E-state index in [0.29, 0.717) is 22.6 Å². The molecule has 1 fully saturated rings. The highest BCUT2D eigenvalue weighted by atomic mass is 19.4. The Labute approximate surface area is 184 Å². The molecule has 0 saturated carbocycles. The average molecular weight is 445 g/mol. The monoisotopic (exact) mass is 445 g/mol. The summed E-state index contributed by atoms with van der Waals surface area (Å²) in [6.07, 6.45) is -0.726. The Morgan fingerprint density at radius 2 is 2.03 bits per heavy atom. The minimum atomic E-state index is -4.41. The standard InChI is InChI=1S/C23H26F3N5O/c1-13-18(7-4-8-20(13)23(24,25)26)14(2)28-22-19-10-17(31-9-5-6-16(31)12-32)11-27-21(19)15(3)29-30-22/h4,7-8,10-11,14,16,32H,5-6,9,12H2,1-3H3,(H,28,30)/t14-,16+/m1/s1. The van der Waals surface area contributed by atoms with E-state index in [1.54, 1.807) is 19.2 Å². The van der Waals surface area contributed by atoms with Crippen molar-refractivity contribution in [2.24, 2.45) is 0 Å². The number of anilines is 2. The summed E-state index contributed by atoms with van der Waals surface area (Å²) < 4.78 is 40.1. The molecular formula is C23H26F3N5O. The summed E-state index contributed by atoms with van der Waals surface area (Å²) in [6.45, 7) is 6.01. The number of halogens is 3. The number of benzene rings is 1. The number of aryl methyl sites for hydroxylation is 1. The van der Waals surface area contributed by atoms with Gasteiger partial charge in [-0.15, -0.1) is 5.10 Å². The van der Waals surface area contributed by atoms with E-state index in [-0.39, 0.29) is 18.2 Å². The SMILES string of the molecule is Cc1c([C@@H](C)Nc2nnc(C)c3ncc(N4CCC[C@H]4CO)cc23)cccc1C(F)(F)F. The van der Waals surface area contributed by atoms with Gasteiger partial charge in [-0.1, -0.05) is 12.1 Å². The summed E-state index contributed by atoms with van der Waals surface area (Å²) >= 11 is 0. The van der Waals surface area contributed by atoms with Crippen LogP contribution in [0.4, 0.5) is 24.7 Å². The number of fused-ring (bicyclic) bond motifs is 1. The van der Waals surface area contributed by atoms with E-state index in [4.69, 9.17) is 0 Å². The van der Waals surface area contributed by atoms with Crippen molar-refractivity contribution in [3.8, 4) is 0 Å². The molecule has 0 amide bonds. The number of hydrogen-bond donors (Lipinski definition) is 2. The molecule has 1 aliphatic rings. The lowest BCUT2D eigenvalue weighted by Gasteiger charge is -2.25. The van der Waals surface area contributed by atoms with Crippen molar-refractivity contribution in [2.75, 3.05) is 23.4 Å². The van der Waals surface area contributed by atoms with Crippen LogP contribution in [0.25, 0.3) is 10.9 Å². The molecule has 2 aromatic heterocycles. The number of nitrogens with zero attached hydrogens (tertiary/aromatic N) is 4. The molecule has 0 radical (unpaired) electrons. The smallest absolute Gasteiger partial charge is 0.394 e. The van der Waals surface area contributed by atoms with Crippen molar-refractivity contribution < 1.29 is 18.3 Å². The lowest BCUT2D eigenvalue weighted by molar-refractivity contribution is -0.138. The molecule has 2 atom stereocenters. The molecule has 32 heavy (non-hydrogen) atoms. The predicted octanol–water partition coefficient (Wildman–Crippen LogP) is 4.79. The Hall–Kier alpha value is -2.94. The van der Waals surface area contributed by atoms with Crippen LogP contribution in [0.3, 0.4) is 0 Å². The summed E-state index contributed by atoms with van der Waals surface area (Å²) in [7, 11) is 0. The van der Waals surface area contributed by atoms with Gasteiger partial charge in [-0.05, 0) is 56.9 Å². The fourth-order valence-corrected chi connectivity index (χ4v) is 4.49. The van der Waals surface area contributed by atoms with E-state index in [1.165, 1.54) is 13.0 Å². The highest BCUT2D eigenvalue weighted by molar-refractivity contribution is 5.92. The van der Waals surface area contributed by atoms with E-state index in [9.17, 15) is 18.3 Å². The van der Waals surface area contributed by atoms with Gasteiger partial charge in [0.1, 0.15) is 0 Å². The quantitative estimate of drug-likeness (QED) is 0.588. The van der Waals surface area contributed by atoms with Gasteiger partial charge in [0.05, 0.1) is 47.3 Å². The molecule has 4 rings (SSSR count). The minimum absolute atomic E-state index is 0.0493. The van der Waals surface area contributed by atoms with Crippen LogP contribution in [0.1, 0.15) is 48.2 Å². The number of aromatic nitrogens is 3. The lowest BCUT2D eigenvalue weighted by atomic mass is 9.97. The van der Waals surface area contributed by atoms with E-state index in [2.05, 4.69) is 25.4 Å². The van der Waals surface area contributed by atoms with Gasteiger partial charge < -0.3 is 15.3 Å². The topological polar surface area (TPSA) is 74.2 Å². The molecule has 0 spiro atoms. The van der Waals surface area contributed by atoms with E-state index in [1.807, 2.05) is 13.0 Å². The largest absolute Gasteiger partial charge is 0.416 e. The molecule has 1 saturated heterocycles. The Balaban J connectivity index is 1.72. The Bertz CT molecular complexity index is 1130. The first-order chi connectivity index (χ1) is 15.2. The minimum Gasteiger partial charge on any atom is -0.394 e. The molecule has 3 aromatic rings. The Morgan fingerprint density at radius 3 is 2.75 bits per heavy atom. The molecule has 1 aliphatic heterocycles. The van der Waals surface area contributed by atoms with Gasteiger partial charge in [0.15, 0.2) is 5.82 Å². The van der Waals surface area contributed by atoms with Crippen LogP contribution >= 0.6 is 0 Å². The molecule has 1 aromatic carbocycles. The van der Waals surface area contributed by atoms with Crippen LogP contribution in [-0.4, -0.2) is 39.5 Å². The van der Waals surface area contributed by atoms with Crippen molar-refractivity contribution in [3.63, 3.8) is 0 Å². The number of rotatable bonds is 5. The van der Waals surface area contributed by atoms with Crippen LogP contribution < -0.4 is 10.2 Å². The number of pyridine rings is 1. The van der Waals surface area contributed by atoms with Crippen molar-refractivity contribution in [1.82, 2.24) is 15.2 Å². The van der Waals surface area contributed by atoms with Gasteiger partial charge in [-0.2, -0.15) is 18.3 Å². The van der Waals surface area contributed by atoms with E-state index in [0.717, 1.165) is 36.5 Å². The zero-order valence-corrected chi connectivity index (χ0v) is 18.2. The van der Waals surface area contributed by atoms with E-state index >= 15 is 0 Å². The van der Waals surface area contributed by atoms with Crippen LogP contribution in [0, 0.1) is 13.8 Å². The summed E-state index contributed by atoms with van der Waals surface area (Å²) in [5, 5.41) is 22.1. The summed E-state index contributed by atoms with van der Waals surface area (Å²) in [5.41, 5.74) is 2.31. The van der Waals surface area contributed by atoms with E-state index < -0.39 is 17.8 Å². The Kier molecular flexibility index (Phi) is 5.94. The zero-order valence-electron chi connectivity index (χ0n) is 18.2. The third-order valence-electron chi connectivity index (χ3n) is 6.19. The summed E-state index contributed by atoms with van der Waals surface area (Å²) in [6, 6.07) is 5.78. The lowest BCUT2D eigenvalue weighted by Crippen LogP contribution is -2.32. The van der Waals surface area contributed by atoms with Gasteiger partial charge in [0, 0.05) is 11.9 Å². The first-order valence-electron chi connectivity index (χ1n) is 10.6. The zero-order chi connectivity index (χ0) is 23.0. The van der Waals surface area contributed by atoms with Gasteiger partial charge in [0.25, 0.3) is 0 Å². The van der Waals surface area contributed by atoms with Crippen molar-refractivity contribution in [2.45, 2.75) is 51.9 Å². The van der Waals surface area contributed by atoms with Crippen molar-refractivity contribution in [1.29, 1.82) is 0 Å². The second-order valence-electron chi connectivity index (χ2n) is 8.28. The van der Waals surface area contributed by atoms with Crippen molar-refractivity contribution >= 4 is 22.4 Å². The number of nitrogens with one attached hydrogen (secondary N) is 1. The fraction of sp³-hybridized carbons (Fsp3) is 0.435. The maximum atomic E-state index is 13.4. The second-order valence-corrected chi connectivity index (χ2v) is 8.28. The fourth-order valence-electron chi connectivity index (χ4n) is 4.49. The summed E-state index contributed by atoms with van der Waals surface area (Å²) in [4.78, 5) is 6.72. The first kappa shape index (κ1) is 22.3. The van der Waals surface area contributed by atoms with Gasteiger partial charge in [0.2, 0.25) is 0 Å². The average Bonchev–Trinajstić information content (AvgIpc) is 3.23. The molecule has 6 nitrogen and oxygen atoms in total. The van der Waals surface area contributed by atoms with Crippen LogP contribution in [0.5, 0.6) is 0 Å². The maximum absolute atomic E-state index is 13.4. The first-order valence-corrected chi connectivity index (χ1v) is 10.6. The molecule has 0 unspecified atom stereocenters. The molecule has 170 valence electrons. The van der Waals surface area contributed by atoms with Gasteiger partial charge in [-0.25, -0.2) is 0 Å². The second kappa shape index (κ2) is 8.54. The normalized spacial score (nSPS) is 17.7. The number of aliphatic hydroxyl groups is 1. The molecule has 3 heterocycles. The van der Waals surface area contributed by atoms with Crippen molar-refractivity contribution in [3.05, 3.63) is 52.8 Å². The highest BCUT2D eigenvalue weighted by Crippen LogP contribution is 2.36. The Morgan fingerprint density at radius 1 is 1.25 bits per heavy atom. The maximum Gasteiger partial charge on any atom is 0.416 e. The molecule has 9 heteroatoms. The number of aliphatic hydroxyl groups excluding tert-OH is 1. The summed E-state index contributed by atoms with van der Waals surface area (Å²) in [5.74, 6) is 0.462. The molecular weight excluding hydrogens is 419 g/mol. The van der Waals surface area contributed by atoms with Crippen LogP contribution in [0.15, 0.2) is 30.5 Å². The molecule has 2 N–H and O–H groups in total. The predicted molar refractivity (Wildman–Crippen MR) is 118 cm³/mol. The van der Waals surface area contributed by atoms with Crippen LogP contribution in [-0.2, 0) is 6.18 Å². The molecule has 0 bridgehead atoms. The number of alkyl halides is 3. The third-order valence-corrected chi connectivity index (χ3v) is 6.19. The third kappa shape index (κ3) is 4.09. The van der Waals surface area contributed by atoms with Gasteiger partial charge in [-0.3, -0.25) is 4.98 Å². The molecule has 0 aliphatic carbocycles. The van der Waals surface area contributed by atoms with Gasteiger partial charge >= 0.3 is 6.18 Å². The number of hydrogen-bond acceptors (Lipinski definition) is 6.